The highest BCUT2D eigenvalue weighted by Crippen LogP contribution is 2.41. The Kier molecular flexibility index (Phi) is 5.14. The molecule has 3 heteroatoms. The van der Waals surface area contributed by atoms with Gasteiger partial charge in [-0.1, -0.05) is 33.6 Å². The highest BCUT2D eigenvalue weighted by atomic mass is 32.2. The molecule has 1 saturated carbocycles. The Morgan fingerprint density at radius 2 is 1.88 bits per heavy atom. The van der Waals surface area contributed by atoms with Crippen molar-refractivity contribution in [3.8, 4) is 0 Å². The maximum absolute atomic E-state index is 10.6. The monoisotopic (exact) mass is 274 g/mol. The Bertz CT molecular complexity index is 246. The first-order valence-electron chi connectivity index (χ1n) is 7.03. The van der Waals surface area contributed by atoms with Crippen molar-refractivity contribution in [3.63, 3.8) is 0 Å². The molecule has 0 radical (unpaired) electrons. The molecule has 2 rings (SSSR count). The van der Waals surface area contributed by atoms with Gasteiger partial charge in [-0.2, -0.15) is 23.5 Å². The first-order valence-corrected chi connectivity index (χ1v) is 9.02. The molecule has 1 nitrogen and oxygen atoms in total. The van der Waals surface area contributed by atoms with Crippen molar-refractivity contribution >= 4 is 23.5 Å². The van der Waals surface area contributed by atoms with Crippen LogP contribution in [0.25, 0.3) is 0 Å². The predicted octanol–water partition coefficient (Wildman–Crippen LogP) is 3.80. The van der Waals surface area contributed by atoms with Crippen LogP contribution in [-0.2, 0) is 0 Å². The summed E-state index contributed by atoms with van der Waals surface area (Å²) in [5, 5.41) is 12.5. The summed E-state index contributed by atoms with van der Waals surface area (Å²) in [5.41, 5.74) is 0. The van der Waals surface area contributed by atoms with Gasteiger partial charge in [-0.25, -0.2) is 0 Å². The summed E-state index contributed by atoms with van der Waals surface area (Å²) < 4.78 is 0. The second-order valence-corrected chi connectivity index (χ2v) is 8.97. The molecule has 0 amide bonds. The van der Waals surface area contributed by atoms with E-state index in [1.165, 1.54) is 25.7 Å². The SMILES string of the molecule is CC1CCCC(C(O)C2CSC(C)C(C)S2)C1. The fourth-order valence-corrected chi connectivity index (χ4v) is 6.18. The van der Waals surface area contributed by atoms with E-state index in [-0.39, 0.29) is 6.10 Å². The van der Waals surface area contributed by atoms with Gasteiger partial charge >= 0.3 is 0 Å². The van der Waals surface area contributed by atoms with Crippen molar-refractivity contribution in [2.24, 2.45) is 11.8 Å². The molecule has 0 aromatic carbocycles. The third-order valence-corrected chi connectivity index (χ3v) is 7.92. The third-order valence-electron chi connectivity index (χ3n) is 4.41. The average Bonchev–Trinajstić information content (AvgIpc) is 2.32. The van der Waals surface area contributed by atoms with E-state index < -0.39 is 0 Å². The van der Waals surface area contributed by atoms with Crippen LogP contribution in [0.4, 0.5) is 0 Å². The molecule has 0 aromatic rings. The maximum Gasteiger partial charge on any atom is 0.0695 e. The average molecular weight is 274 g/mol. The van der Waals surface area contributed by atoms with Gasteiger partial charge in [0.25, 0.3) is 0 Å². The van der Waals surface area contributed by atoms with Crippen molar-refractivity contribution in [1.82, 2.24) is 0 Å². The summed E-state index contributed by atoms with van der Waals surface area (Å²) in [6.45, 7) is 6.96. The summed E-state index contributed by atoms with van der Waals surface area (Å²) in [6.07, 6.45) is 5.11. The van der Waals surface area contributed by atoms with Crippen molar-refractivity contribution in [2.75, 3.05) is 5.75 Å². The lowest BCUT2D eigenvalue weighted by Crippen LogP contribution is -2.40. The molecular formula is C14H26OS2. The summed E-state index contributed by atoms with van der Waals surface area (Å²) in [7, 11) is 0. The van der Waals surface area contributed by atoms with Crippen LogP contribution in [0, 0.1) is 11.8 Å². The summed E-state index contributed by atoms with van der Waals surface area (Å²) in [6, 6.07) is 0. The maximum atomic E-state index is 10.6. The van der Waals surface area contributed by atoms with Gasteiger partial charge in [0.05, 0.1) is 6.10 Å². The molecule has 2 fully saturated rings. The van der Waals surface area contributed by atoms with Crippen LogP contribution >= 0.6 is 23.5 Å². The summed E-state index contributed by atoms with van der Waals surface area (Å²) >= 11 is 4.07. The molecule has 6 atom stereocenters. The Labute approximate surface area is 115 Å². The lowest BCUT2D eigenvalue weighted by molar-refractivity contribution is 0.0736. The molecule has 17 heavy (non-hydrogen) atoms. The molecule has 1 heterocycles. The fourth-order valence-electron chi connectivity index (χ4n) is 3.08. The van der Waals surface area contributed by atoms with Crippen LogP contribution in [0.1, 0.15) is 46.5 Å². The number of hydrogen-bond acceptors (Lipinski definition) is 3. The molecule has 1 N–H and O–H groups in total. The molecule has 100 valence electrons. The van der Waals surface area contributed by atoms with Crippen molar-refractivity contribution < 1.29 is 5.11 Å². The molecule has 0 spiro atoms. The van der Waals surface area contributed by atoms with Gasteiger partial charge in [-0.05, 0) is 24.7 Å². The van der Waals surface area contributed by atoms with Crippen molar-refractivity contribution in [3.05, 3.63) is 0 Å². The van der Waals surface area contributed by atoms with Crippen molar-refractivity contribution in [1.29, 1.82) is 0 Å². The van der Waals surface area contributed by atoms with Gasteiger partial charge in [0.1, 0.15) is 0 Å². The summed E-state index contributed by atoms with van der Waals surface area (Å²) in [4.78, 5) is 0. The first-order chi connectivity index (χ1) is 8.08. The highest BCUT2D eigenvalue weighted by molar-refractivity contribution is 8.07. The molecule has 1 aliphatic heterocycles. The minimum absolute atomic E-state index is 0.0646. The van der Waals surface area contributed by atoms with Crippen LogP contribution in [0.15, 0.2) is 0 Å². The van der Waals surface area contributed by atoms with Gasteiger partial charge in [-0.15, -0.1) is 0 Å². The standard InChI is InChI=1S/C14H26OS2/c1-9-5-4-6-12(7-9)14(15)13-8-16-10(2)11(3)17-13/h9-15H,4-8H2,1-3H3. The zero-order valence-corrected chi connectivity index (χ0v) is 12.9. The molecule has 6 unspecified atom stereocenters. The smallest absolute Gasteiger partial charge is 0.0695 e. The Morgan fingerprint density at radius 3 is 2.53 bits per heavy atom. The van der Waals surface area contributed by atoms with E-state index in [0.29, 0.717) is 16.4 Å². The molecular weight excluding hydrogens is 248 g/mol. The zero-order valence-electron chi connectivity index (χ0n) is 11.3. The molecule has 2 aliphatic rings. The van der Waals surface area contributed by atoms with E-state index in [1.807, 2.05) is 23.5 Å². The minimum atomic E-state index is -0.0646. The molecule has 0 bridgehead atoms. The minimum Gasteiger partial charge on any atom is -0.392 e. The van der Waals surface area contributed by atoms with Gasteiger partial charge in [0.15, 0.2) is 0 Å². The fraction of sp³-hybridized carbons (Fsp3) is 1.00. The van der Waals surface area contributed by atoms with Crippen LogP contribution in [0.2, 0.25) is 0 Å². The topological polar surface area (TPSA) is 20.2 Å². The van der Waals surface area contributed by atoms with Crippen LogP contribution in [-0.4, -0.2) is 32.7 Å². The Morgan fingerprint density at radius 1 is 1.12 bits per heavy atom. The number of rotatable bonds is 2. The second kappa shape index (κ2) is 6.21. The van der Waals surface area contributed by atoms with Gasteiger partial charge in [0.2, 0.25) is 0 Å². The van der Waals surface area contributed by atoms with E-state index in [9.17, 15) is 5.11 Å². The van der Waals surface area contributed by atoms with E-state index in [2.05, 4.69) is 20.8 Å². The van der Waals surface area contributed by atoms with Gasteiger partial charge in [-0.3, -0.25) is 0 Å². The van der Waals surface area contributed by atoms with Gasteiger partial charge < -0.3 is 5.11 Å². The number of thioether (sulfide) groups is 2. The zero-order chi connectivity index (χ0) is 12.4. The molecule has 1 saturated heterocycles. The van der Waals surface area contributed by atoms with Crippen molar-refractivity contribution in [2.45, 2.75) is 68.3 Å². The molecule has 0 aromatic heterocycles. The number of aliphatic hydroxyl groups is 1. The Hall–Kier alpha value is 0.660. The van der Waals surface area contributed by atoms with E-state index in [0.717, 1.165) is 16.9 Å². The van der Waals surface area contributed by atoms with E-state index >= 15 is 0 Å². The second-order valence-electron chi connectivity index (χ2n) is 5.94. The third kappa shape index (κ3) is 3.57. The first kappa shape index (κ1) is 14.1. The summed E-state index contributed by atoms with van der Waals surface area (Å²) in [5.74, 6) is 2.53. The number of hydrogen-bond donors (Lipinski definition) is 1. The largest absolute Gasteiger partial charge is 0.392 e. The highest BCUT2D eigenvalue weighted by Gasteiger charge is 2.35. The van der Waals surface area contributed by atoms with Crippen LogP contribution in [0.5, 0.6) is 0 Å². The van der Waals surface area contributed by atoms with E-state index in [1.54, 1.807) is 0 Å². The lowest BCUT2D eigenvalue weighted by atomic mass is 9.79. The normalized spacial score (nSPS) is 45.5. The van der Waals surface area contributed by atoms with Gasteiger partial charge in [0, 0.05) is 21.5 Å². The van der Waals surface area contributed by atoms with Crippen LogP contribution in [0.3, 0.4) is 0 Å². The van der Waals surface area contributed by atoms with Crippen LogP contribution < -0.4 is 0 Å². The number of aliphatic hydroxyl groups excluding tert-OH is 1. The Balaban J connectivity index is 1.88. The van der Waals surface area contributed by atoms with E-state index in [4.69, 9.17) is 0 Å². The lowest BCUT2D eigenvalue weighted by Gasteiger charge is -2.39. The molecule has 1 aliphatic carbocycles. The predicted molar refractivity (Wildman–Crippen MR) is 79.9 cm³/mol. The quantitative estimate of drug-likeness (QED) is 0.827.